The van der Waals surface area contributed by atoms with Crippen molar-refractivity contribution in [1.29, 1.82) is 0 Å². The standard InChI is InChI=1S/C20H19FN4OS2/c1-13-19(17-5-7-25(24-17)11-15-6-8-27-12-15)28-20(23-13)22-10-14-3-4-16(21)18(9-14)26-2/h3-9,12H,10-11H2,1-2H3,(H,22,23). The summed E-state index contributed by atoms with van der Waals surface area (Å²) in [5.74, 6) is -0.122. The Kier molecular flexibility index (Phi) is 5.40. The maximum Gasteiger partial charge on any atom is 0.183 e. The van der Waals surface area contributed by atoms with Crippen molar-refractivity contribution in [2.45, 2.75) is 20.0 Å². The van der Waals surface area contributed by atoms with Crippen molar-refractivity contribution in [3.63, 3.8) is 0 Å². The van der Waals surface area contributed by atoms with Crippen LogP contribution < -0.4 is 10.1 Å². The minimum absolute atomic E-state index is 0.242. The molecule has 0 aliphatic rings. The molecule has 0 atom stereocenters. The van der Waals surface area contributed by atoms with Crippen LogP contribution in [0.15, 0.2) is 47.3 Å². The third-order valence-electron chi connectivity index (χ3n) is 4.25. The number of halogens is 1. The molecule has 4 aromatic rings. The number of anilines is 1. The molecule has 0 aliphatic carbocycles. The maximum atomic E-state index is 13.5. The first-order valence-electron chi connectivity index (χ1n) is 8.71. The van der Waals surface area contributed by atoms with Crippen LogP contribution in [0.25, 0.3) is 10.6 Å². The van der Waals surface area contributed by atoms with E-state index in [2.05, 4.69) is 32.2 Å². The fourth-order valence-electron chi connectivity index (χ4n) is 2.84. The number of ether oxygens (including phenoxy) is 1. The molecule has 0 aliphatic heterocycles. The van der Waals surface area contributed by atoms with E-state index in [0.29, 0.717) is 6.54 Å². The van der Waals surface area contributed by atoms with E-state index in [1.54, 1.807) is 34.8 Å². The summed E-state index contributed by atoms with van der Waals surface area (Å²) in [6.45, 7) is 3.28. The summed E-state index contributed by atoms with van der Waals surface area (Å²) in [4.78, 5) is 5.65. The Morgan fingerprint density at radius 3 is 2.89 bits per heavy atom. The predicted octanol–water partition coefficient (Wildman–Crippen LogP) is 5.18. The minimum atomic E-state index is -0.364. The van der Waals surface area contributed by atoms with Crippen LogP contribution in [-0.2, 0) is 13.1 Å². The Labute approximate surface area is 170 Å². The molecule has 1 N–H and O–H groups in total. The molecule has 3 heterocycles. The summed E-state index contributed by atoms with van der Waals surface area (Å²) in [5, 5.41) is 13.0. The molecule has 0 fully saturated rings. The van der Waals surface area contributed by atoms with Crippen molar-refractivity contribution >= 4 is 27.8 Å². The number of methoxy groups -OCH3 is 1. The van der Waals surface area contributed by atoms with Gasteiger partial charge in [0, 0.05) is 12.7 Å². The molecule has 144 valence electrons. The second-order valence-corrected chi connectivity index (χ2v) is 8.07. The van der Waals surface area contributed by atoms with E-state index in [9.17, 15) is 4.39 Å². The van der Waals surface area contributed by atoms with Crippen LogP contribution in [0.1, 0.15) is 16.8 Å². The van der Waals surface area contributed by atoms with E-state index in [1.165, 1.54) is 18.7 Å². The molecule has 4 rings (SSSR count). The largest absolute Gasteiger partial charge is 0.494 e. The molecule has 0 bridgehead atoms. The van der Waals surface area contributed by atoms with E-state index >= 15 is 0 Å². The summed E-state index contributed by atoms with van der Waals surface area (Å²) in [5.41, 5.74) is 4.03. The van der Waals surface area contributed by atoms with Gasteiger partial charge in [-0.1, -0.05) is 17.4 Å². The monoisotopic (exact) mass is 414 g/mol. The van der Waals surface area contributed by atoms with Gasteiger partial charge in [0.05, 0.1) is 24.2 Å². The first-order valence-corrected chi connectivity index (χ1v) is 10.5. The zero-order valence-corrected chi connectivity index (χ0v) is 17.1. The number of rotatable bonds is 7. The van der Waals surface area contributed by atoms with Gasteiger partial charge < -0.3 is 10.1 Å². The molecule has 0 saturated heterocycles. The Bertz CT molecular complexity index is 1070. The van der Waals surface area contributed by atoms with Gasteiger partial charge >= 0.3 is 0 Å². The topological polar surface area (TPSA) is 52.0 Å². The molecular formula is C20H19FN4OS2. The average Bonchev–Trinajstić information content (AvgIpc) is 3.43. The number of benzene rings is 1. The summed E-state index contributed by atoms with van der Waals surface area (Å²) in [7, 11) is 1.46. The lowest BCUT2D eigenvalue weighted by Gasteiger charge is -2.06. The Morgan fingerprint density at radius 2 is 2.11 bits per heavy atom. The van der Waals surface area contributed by atoms with Crippen molar-refractivity contribution < 1.29 is 9.13 Å². The number of thiophene rings is 1. The van der Waals surface area contributed by atoms with Crippen molar-refractivity contribution in [2.75, 3.05) is 12.4 Å². The quantitative estimate of drug-likeness (QED) is 0.452. The lowest BCUT2D eigenvalue weighted by Crippen LogP contribution is -2.00. The molecule has 0 spiro atoms. The summed E-state index contributed by atoms with van der Waals surface area (Å²) in [6, 6.07) is 8.96. The van der Waals surface area contributed by atoms with Gasteiger partial charge in [0.2, 0.25) is 0 Å². The number of aromatic nitrogens is 3. The van der Waals surface area contributed by atoms with Crippen LogP contribution in [0.3, 0.4) is 0 Å². The van der Waals surface area contributed by atoms with Gasteiger partial charge in [-0.05, 0) is 53.1 Å². The molecule has 8 heteroatoms. The third-order valence-corrected chi connectivity index (χ3v) is 6.12. The Morgan fingerprint density at radius 1 is 1.21 bits per heavy atom. The normalized spacial score (nSPS) is 11.0. The smallest absolute Gasteiger partial charge is 0.183 e. The predicted molar refractivity (Wildman–Crippen MR) is 112 cm³/mol. The minimum Gasteiger partial charge on any atom is -0.494 e. The lowest BCUT2D eigenvalue weighted by atomic mass is 10.2. The number of thiazole rings is 1. The number of hydrogen-bond donors (Lipinski definition) is 1. The second-order valence-electron chi connectivity index (χ2n) is 6.29. The van der Waals surface area contributed by atoms with Crippen molar-refractivity contribution in [3.8, 4) is 16.3 Å². The highest BCUT2D eigenvalue weighted by Crippen LogP contribution is 2.32. The molecule has 3 aromatic heterocycles. The van der Waals surface area contributed by atoms with Crippen LogP contribution in [0, 0.1) is 12.7 Å². The molecule has 0 saturated carbocycles. The van der Waals surface area contributed by atoms with Gasteiger partial charge in [0.1, 0.15) is 5.69 Å². The zero-order valence-electron chi connectivity index (χ0n) is 15.5. The number of hydrogen-bond acceptors (Lipinski definition) is 6. The highest BCUT2D eigenvalue weighted by molar-refractivity contribution is 7.19. The van der Waals surface area contributed by atoms with Crippen molar-refractivity contribution in [1.82, 2.24) is 14.8 Å². The lowest BCUT2D eigenvalue weighted by molar-refractivity contribution is 0.386. The Balaban J connectivity index is 1.46. The van der Waals surface area contributed by atoms with E-state index < -0.39 is 0 Å². The van der Waals surface area contributed by atoms with Crippen molar-refractivity contribution in [2.24, 2.45) is 0 Å². The number of nitrogens with one attached hydrogen (secondary N) is 1. The molecule has 5 nitrogen and oxygen atoms in total. The summed E-state index contributed by atoms with van der Waals surface area (Å²) in [6.07, 6.45) is 1.99. The van der Waals surface area contributed by atoms with Gasteiger partial charge in [-0.2, -0.15) is 16.4 Å². The van der Waals surface area contributed by atoms with Gasteiger partial charge in [-0.15, -0.1) is 0 Å². The third kappa shape index (κ3) is 4.07. The van der Waals surface area contributed by atoms with Crippen molar-refractivity contribution in [3.05, 3.63) is 69.9 Å². The number of aryl methyl sites for hydroxylation is 1. The van der Waals surface area contributed by atoms with Gasteiger partial charge in [0.25, 0.3) is 0 Å². The van der Waals surface area contributed by atoms with Gasteiger partial charge in [-0.25, -0.2) is 9.37 Å². The highest BCUT2D eigenvalue weighted by Gasteiger charge is 2.13. The van der Waals surface area contributed by atoms with Crippen LogP contribution in [0.5, 0.6) is 5.75 Å². The first-order chi connectivity index (χ1) is 13.6. The fraction of sp³-hybridized carbons (Fsp3) is 0.200. The molecular weight excluding hydrogens is 395 g/mol. The zero-order chi connectivity index (χ0) is 19.5. The molecule has 1 aromatic carbocycles. The van der Waals surface area contributed by atoms with Gasteiger partial charge in [0.15, 0.2) is 16.7 Å². The van der Waals surface area contributed by atoms with E-state index in [-0.39, 0.29) is 11.6 Å². The second kappa shape index (κ2) is 8.12. The van der Waals surface area contributed by atoms with Crippen LogP contribution in [0.4, 0.5) is 9.52 Å². The maximum absolute atomic E-state index is 13.5. The molecule has 0 amide bonds. The first kappa shape index (κ1) is 18.6. The Hall–Kier alpha value is -2.71. The SMILES string of the molecule is COc1cc(CNc2nc(C)c(-c3ccn(Cc4ccsc4)n3)s2)ccc1F. The van der Waals surface area contributed by atoms with Crippen LogP contribution >= 0.6 is 22.7 Å². The van der Waals surface area contributed by atoms with E-state index in [4.69, 9.17) is 4.74 Å². The summed E-state index contributed by atoms with van der Waals surface area (Å²) < 4.78 is 20.5. The van der Waals surface area contributed by atoms with E-state index in [1.807, 2.05) is 23.9 Å². The summed E-state index contributed by atoms with van der Waals surface area (Å²) >= 11 is 3.25. The average molecular weight is 415 g/mol. The van der Waals surface area contributed by atoms with Gasteiger partial charge in [-0.3, -0.25) is 4.68 Å². The van der Waals surface area contributed by atoms with Crippen LogP contribution in [-0.4, -0.2) is 21.9 Å². The molecule has 0 radical (unpaired) electrons. The highest BCUT2D eigenvalue weighted by atomic mass is 32.1. The molecule has 0 unspecified atom stereocenters. The molecule has 28 heavy (non-hydrogen) atoms. The van der Waals surface area contributed by atoms with Crippen LogP contribution in [0.2, 0.25) is 0 Å². The fourth-order valence-corrected chi connectivity index (χ4v) is 4.43. The number of nitrogens with zero attached hydrogens (tertiary/aromatic N) is 3. The van der Waals surface area contributed by atoms with E-state index in [0.717, 1.165) is 33.5 Å².